The molecule has 4 nitrogen and oxygen atoms in total. The first kappa shape index (κ1) is 12.0. The van der Waals surface area contributed by atoms with Gasteiger partial charge in [-0.2, -0.15) is 5.10 Å². The number of fused-ring (bicyclic) bond motifs is 1. The van der Waals surface area contributed by atoms with Crippen molar-refractivity contribution in [3.8, 4) is 0 Å². The van der Waals surface area contributed by atoms with Crippen LogP contribution in [0.25, 0.3) is 11.0 Å². The molecule has 0 radical (unpaired) electrons. The molecule has 0 aliphatic rings. The zero-order valence-corrected chi connectivity index (χ0v) is 11.6. The van der Waals surface area contributed by atoms with Crippen LogP contribution in [0.4, 0.5) is 0 Å². The fourth-order valence-electron chi connectivity index (χ4n) is 2.37. The maximum absolute atomic E-state index is 4.48. The zero-order valence-electron chi connectivity index (χ0n) is 11.6. The zero-order chi connectivity index (χ0) is 13.4. The highest BCUT2D eigenvalue weighted by molar-refractivity contribution is 5.77. The summed E-state index contributed by atoms with van der Waals surface area (Å²) in [4.78, 5) is 4.48. The van der Waals surface area contributed by atoms with Gasteiger partial charge in [0, 0.05) is 31.9 Å². The molecule has 3 rings (SSSR count). The Labute approximate surface area is 112 Å². The molecule has 2 heterocycles. The van der Waals surface area contributed by atoms with Gasteiger partial charge in [0.15, 0.2) is 0 Å². The fourth-order valence-corrected chi connectivity index (χ4v) is 2.37. The van der Waals surface area contributed by atoms with Crippen LogP contribution in [-0.2, 0) is 20.0 Å². The summed E-state index contributed by atoms with van der Waals surface area (Å²) in [6.45, 7) is 5.20. The molecule has 0 saturated heterocycles. The average Bonchev–Trinajstić information content (AvgIpc) is 2.95. The van der Waals surface area contributed by atoms with Crippen molar-refractivity contribution in [3.05, 3.63) is 47.5 Å². The van der Waals surface area contributed by atoms with Crippen molar-refractivity contribution in [2.75, 3.05) is 0 Å². The SMILES string of the molecule is Cc1cc2ncn(CCc3ccnn3C)c2cc1C. The molecule has 3 aromatic rings. The largest absolute Gasteiger partial charge is 0.330 e. The van der Waals surface area contributed by atoms with E-state index in [0.29, 0.717) is 0 Å². The van der Waals surface area contributed by atoms with Crippen molar-refractivity contribution in [1.29, 1.82) is 0 Å². The summed E-state index contributed by atoms with van der Waals surface area (Å²) in [7, 11) is 1.98. The Morgan fingerprint density at radius 2 is 1.95 bits per heavy atom. The topological polar surface area (TPSA) is 35.6 Å². The quantitative estimate of drug-likeness (QED) is 0.720. The predicted molar refractivity (Wildman–Crippen MR) is 76.1 cm³/mol. The second-order valence-electron chi connectivity index (χ2n) is 5.06. The summed E-state index contributed by atoms with van der Waals surface area (Å²) < 4.78 is 4.14. The molecule has 0 amide bonds. The molecule has 1 aromatic carbocycles. The monoisotopic (exact) mass is 254 g/mol. The summed E-state index contributed by atoms with van der Waals surface area (Å²) in [5, 5.41) is 4.20. The van der Waals surface area contributed by atoms with Gasteiger partial charge >= 0.3 is 0 Å². The number of nitrogens with zero attached hydrogens (tertiary/aromatic N) is 4. The molecular weight excluding hydrogens is 236 g/mol. The van der Waals surface area contributed by atoms with Gasteiger partial charge in [-0.15, -0.1) is 0 Å². The Bertz CT molecular complexity index is 721. The molecule has 0 bridgehead atoms. The Kier molecular flexibility index (Phi) is 2.85. The van der Waals surface area contributed by atoms with Crippen LogP contribution in [0.5, 0.6) is 0 Å². The standard InChI is InChI=1S/C15H18N4/c1-11-8-14-15(9-12(11)2)19(10-16-14)7-5-13-4-6-17-18(13)3/h4,6,8-10H,5,7H2,1-3H3. The molecule has 0 aliphatic heterocycles. The molecular formula is C15H18N4. The number of rotatable bonds is 3. The van der Waals surface area contributed by atoms with Crippen LogP contribution >= 0.6 is 0 Å². The van der Waals surface area contributed by atoms with Gasteiger partial charge in [-0.3, -0.25) is 4.68 Å². The van der Waals surface area contributed by atoms with E-state index in [1.165, 1.54) is 22.3 Å². The normalized spacial score (nSPS) is 11.3. The first-order valence-electron chi connectivity index (χ1n) is 6.54. The highest BCUT2D eigenvalue weighted by Crippen LogP contribution is 2.18. The molecule has 2 aromatic heterocycles. The van der Waals surface area contributed by atoms with Gasteiger partial charge in [0.25, 0.3) is 0 Å². The number of hydrogen-bond acceptors (Lipinski definition) is 2. The molecule has 0 atom stereocenters. The lowest BCUT2D eigenvalue weighted by molar-refractivity contribution is 0.646. The second kappa shape index (κ2) is 4.53. The van der Waals surface area contributed by atoms with Gasteiger partial charge in [-0.05, 0) is 43.2 Å². The van der Waals surface area contributed by atoms with Crippen LogP contribution in [0.2, 0.25) is 0 Å². The summed E-state index contributed by atoms with van der Waals surface area (Å²) >= 11 is 0. The molecule has 0 saturated carbocycles. The Balaban J connectivity index is 1.89. The molecule has 0 aliphatic carbocycles. The van der Waals surface area contributed by atoms with Gasteiger partial charge < -0.3 is 4.57 Å². The highest BCUT2D eigenvalue weighted by Gasteiger charge is 2.06. The van der Waals surface area contributed by atoms with E-state index >= 15 is 0 Å². The van der Waals surface area contributed by atoms with Crippen molar-refractivity contribution in [3.63, 3.8) is 0 Å². The number of benzene rings is 1. The van der Waals surface area contributed by atoms with Crippen molar-refractivity contribution in [2.45, 2.75) is 26.8 Å². The summed E-state index contributed by atoms with van der Waals surface area (Å²) in [5.74, 6) is 0. The van der Waals surface area contributed by atoms with E-state index in [1.54, 1.807) is 0 Å². The van der Waals surface area contributed by atoms with Crippen LogP contribution < -0.4 is 0 Å². The van der Waals surface area contributed by atoms with E-state index in [2.05, 4.69) is 46.7 Å². The van der Waals surface area contributed by atoms with Gasteiger partial charge in [-0.1, -0.05) is 0 Å². The second-order valence-corrected chi connectivity index (χ2v) is 5.06. The number of aromatic nitrogens is 4. The molecule has 0 unspecified atom stereocenters. The van der Waals surface area contributed by atoms with Crippen molar-refractivity contribution >= 4 is 11.0 Å². The van der Waals surface area contributed by atoms with E-state index in [1.807, 2.05) is 24.3 Å². The average molecular weight is 254 g/mol. The molecule has 0 fully saturated rings. The van der Waals surface area contributed by atoms with E-state index in [-0.39, 0.29) is 0 Å². The van der Waals surface area contributed by atoms with Crippen LogP contribution in [0.15, 0.2) is 30.7 Å². The number of aryl methyl sites for hydroxylation is 5. The van der Waals surface area contributed by atoms with Crippen LogP contribution in [0.1, 0.15) is 16.8 Å². The van der Waals surface area contributed by atoms with Crippen molar-refractivity contribution in [2.24, 2.45) is 7.05 Å². The lowest BCUT2D eigenvalue weighted by Crippen LogP contribution is -2.04. The molecule has 98 valence electrons. The number of imidazole rings is 1. The van der Waals surface area contributed by atoms with Crippen molar-refractivity contribution < 1.29 is 0 Å². The molecule has 0 N–H and O–H groups in total. The first-order valence-corrected chi connectivity index (χ1v) is 6.54. The minimum absolute atomic E-state index is 0.929. The molecule has 4 heteroatoms. The maximum Gasteiger partial charge on any atom is 0.0958 e. The van der Waals surface area contributed by atoms with E-state index in [9.17, 15) is 0 Å². The third-order valence-electron chi connectivity index (χ3n) is 3.77. The highest BCUT2D eigenvalue weighted by atomic mass is 15.3. The van der Waals surface area contributed by atoms with Gasteiger partial charge in [-0.25, -0.2) is 4.98 Å². The van der Waals surface area contributed by atoms with E-state index in [4.69, 9.17) is 0 Å². The fraction of sp³-hybridized carbons (Fsp3) is 0.333. The Morgan fingerprint density at radius 1 is 1.16 bits per heavy atom. The van der Waals surface area contributed by atoms with E-state index < -0.39 is 0 Å². The third kappa shape index (κ3) is 2.14. The molecule has 0 spiro atoms. The molecule has 19 heavy (non-hydrogen) atoms. The van der Waals surface area contributed by atoms with Gasteiger partial charge in [0.05, 0.1) is 17.4 Å². The maximum atomic E-state index is 4.48. The summed E-state index contributed by atoms with van der Waals surface area (Å²) in [5.41, 5.74) is 6.14. The summed E-state index contributed by atoms with van der Waals surface area (Å²) in [6.07, 6.45) is 4.74. The lowest BCUT2D eigenvalue weighted by Gasteiger charge is -2.06. The van der Waals surface area contributed by atoms with Crippen molar-refractivity contribution in [1.82, 2.24) is 19.3 Å². The predicted octanol–water partition coefficient (Wildman–Crippen LogP) is 2.63. The van der Waals surface area contributed by atoms with Crippen LogP contribution in [0.3, 0.4) is 0 Å². The minimum atomic E-state index is 0.929. The number of hydrogen-bond donors (Lipinski definition) is 0. The summed E-state index contributed by atoms with van der Waals surface area (Å²) in [6, 6.07) is 6.45. The minimum Gasteiger partial charge on any atom is -0.330 e. The van der Waals surface area contributed by atoms with Gasteiger partial charge in [0.2, 0.25) is 0 Å². The smallest absolute Gasteiger partial charge is 0.0958 e. The van der Waals surface area contributed by atoms with E-state index in [0.717, 1.165) is 18.5 Å². The lowest BCUT2D eigenvalue weighted by atomic mass is 10.1. The Hall–Kier alpha value is -2.10. The third-order valence-corrected chi connectivity index (χ3v) is 3.77. The van der Waals surface area contributed by atoms with Crippen LogP contribution in [0, 0.1) is 13.8 Å². The first-order chi connectivity index (χ1) is 9.15. The van der Waals surface area contributed by atoms with Crippen LogP contribution in [-0.4, -0.2) is 19.3 Å². The van der Waals surface area contributed by atoms with Gasteiger partial charge in [0.1, 0.15) is 0 Å². The Morgan fingerprint density at radius 3 is 2.68 bits per heavy atom.